The first kappa shape index (κ1) is 28.2. The van der Waals surface area contributed by atoms with Gasteiger partial charge in [-0.25, -0.2) is 9.37 Å². The van der Waals surface area contributed by atoms with Crippen molar-refractivity contribution in [2.24, 2.45) is 0 Å². The summed E-state index contributed by atoms with van der Waals surface area (Å²) in [5.41, 5.74) is 0.648. The number of fused-ring (bicyclic) bond motifs is 1. The highest BCUT2D eigenvalue weighted by Gasteiger charge is 2.28. The van der Waals surface area contributed by atoms with Gasteiger partial charge < -0.3 is 29.7 Å². The lowest BCUT2D eigenvalue weighted by Crippen LogP contribution is -2.47. The number of thiophene rings is 1. The molecular formula is C27H30ClFN6O4S. The van der Waals surface area contributed by atoms with Gasteiger partial charge in [-0.1, -0.05) is 16.8 Å². The number of halogens is 2. The van der Waals surface area contributed by atoms with Gasteiger partial charge in [-0.15, -0.1) is 11.3 Å². The highest BCUT2D eigenvalue weighted by molar-refractivity contribution is 7.19. The Kier molecular flexibility index (Phi) is 8.50. The Morgan fingerprint density at radius 3 is 2.67 bits per heavy atom. The number of carbonyl (C=O) groups is 2. The molecule has 5 rings (SSSR count). The van der Waals surface area contributed by atoms with Crippen molar-refractivity contribution in [3.05, 3.63) is 57.6 Å². The van der Waals surface area contributed by atoms with Crippen molar-refractivity contribution in [1.29, 1.82) is 0 Å². The van der Waals surface area contributed by atoms with E-state index in [4.69, 9.17) is 21.2 Å². The average molecular weight is 589 g/mol. The molecule has 0 saturated carbocycles. The Hall–Kier alpha value is -3.32. The van der Waals surface area contributed by atoms with Gasteiger partial charge in [0.05, 0.1) is 27.9 Å². The minimum Gasteiger partial charge on any atom is -0.395 e. The van der Waals surface area contributed by atoms with Crippen molar-refractivity contribution in [3.8, 4) is 10.6 Å². The summed E-state index contributed by atoms with van der Waals surface area (Å²) in [6, 6.07) is 8.38. The highest BCUT2D eigenvalue weighted by Crippen LogP contribution is 2.32. The lowest BCUT2D eigenvalue weighted by molar-refractivity contribution is 0.0885. The second-order valence-electron chi connectivity index (χ2n) is 9.95. The van der Waals surface area contributed by atoms with Gasteiger partial charge in [0.25, 0.3) is 11.8 Å². The Morgan fingerprint density at radius 1 is 1.23 bits per heavy atom. The van der Waals surface area contributed by atoms with Crippen LogP contribution in [0.5, 0.6) is 0 Å². The van der Waals surface area contributed by atoms with Gasteiger partial charge in [-0.2, -0.15) is 0 Å². The molecular weight excluding hydrogens is 559 g/mol. The third-order valence-corrected chi connectivity index (χ3v) is 8.23. The second kappa shape index (κ2) is 12.0. The number of nitrogens with zero attached hydrogens (tertiary/aromatic N) is 4. The SMILES string of the molecule is CC(C)N1CCC(NC(=O)c2nc3c(C(=O)NCCO)c(F)ccc3n2Cc2cc(-c3ccc(Cl)s3)on2)CC1. The molecule has 4 aromatic rings. The van der Waals surface area contributed by atoms with E-state index in [-0.39, 0.29) is 42.6 Å². The molecule has 0 spiro atoms. The quantitative estimate of drug-likeness (QED) is 0.271. The maximum atomic E-state index is 14.9. The Balaban J connectivity index is 1.50. The van der Waals surface area contributed by atoms with E-state index in [1.54, 1.807) is 16.7 Å². The third-order valence-electron chi connectivity index (χ3n) is 6.99. The van der Waals surface area contributed by atoms with Crippen LogP contribution in [0.25, 0.3) is 21.7 Å². The summed E-state index contributed by atoms with van der Waals surface area (Å²) in [5, 5.41) is 18.8. The normalized spacial score (nSPS) is 14.8. The van der Waals surface area contributed by atoms with Crippen molar-refractivity contribution in [1.82, 2.24) is 30.2 Å². The van der Waals surface area contributed by atoms with Crippen LogP contribution in [0.2, 0.25) is 4.34 Å². The van der Waals surface area contributed by atoms with Crippen LogP contribution in [0, 0.1) is 5.82 Å². The van der Waals surface area contributed by atoms with Gasteiger partial charge in [-0.3, -0.25) is 9.59 Å². The van der Waals surface area contributed by atoms with Gasteiger partial charge in [0.1, 0.15) is 22.6 Å². The minimum atomic E-state index is -0.779. The molecule has 40 heavy (non-hydrogen) atoms. The maximum absolute atomic E-state index is 14.9. The van der Waals surface area contributed by atoms with E-state index in [0.29, 0.717) is 27.3 Å². The molecule has 3 N–H and O–H groups in total. The molecule has 0 atom stereocenters. The number of benzene rings is 1. The van der Waals surface area contributed by atoms with Crippen LogP contribution in [0.15, 0.2) is 34.9 Å². The molecule has 0 bridgehead atoms. The monoisotopic (exact) mass is 588 g/mol. The summed E-state index contributed by atoms with van der Waals surface area (Å²) in [6.07, 6.45) is 1.59. The molecule has 1 aliphatic heterocycles. The number of likely N-dealkylation sites (tertiary alicyclic amines) is 1. The van der Waals surface area contributed by atoms with Crippen LogP contribution >= 0.6 is 22.9 Å². The average Bonchev–Trinajstić information content (AvgIpc) is 3.66. The van der Waals surface area contributed by atoms with Crippen molar-refractivity contribution < 1.29 is 23.6 Å². The third kappa shape index (κ3) is 5.90. The predicted octanol–water partition coefficient (Wildman–Crippen LogP) is 3.92. The lowest BCUT2D eigenvalue weighted by atomic mass is 10.0. The summed E-state index contributed by atoms with van der Waals surface area (Å²) in [6.45, 7) is 5.78. The number of imidazole rings is 1. The zero-order valence-electron chi connectivity index (χ0n) is 22.1. The maximum Gasteiger partial charge on any atom is 0.287 e. The Bertz CT molecular complexity index is 1520. The van der Waals surface area contributed by atoms with E-state index in [0.717, 1.165) is 30.8 Å². The van der Waals surface area contributed by atoms with Gasteiger partial charge >= 0.3 is 0 Å². The minimum absolute atomic E-state index is 0.0341. The Labute approximate surface area is 239 Å². The van der Waals surface area contributed by atoms with Crippen LogP contribution in [0.1, 0.15) is 53.4 Å². The number of amides is 2. The lowest BCUT2D eigenvalue weighted by Gasteiger charge is -2.34. The van der Waals surface area contributed by atoms with E-state index in [9.17, 15) is 14.0 Å². The summed E-state index contributed by atoms with van der Waals surface area (Å²) in [5.74, 6) is -1.37. The number of hydrogen-bond donors (Lipinski definition) is 3. The van der Waals surface area contributed by atoms with Crippen molar-refractivity contribution in [2.75, 3.05) is 26.2 Å². The van der Waals surface area contributed by atoms with Crippen molar-refractivity contribution >= 4 is 45.8 Å². The first-order valence-corrected chi connectivity index (χ1v) is 14.3. The number of aromatic nitrogens is 3. The molecule has 3 aromatic heterocycles. The molecule has 0 radical (unpaired) electrons. The van der Waals surface area contributed by atoms with Crippen molar-refractivity contribution in [2.45, 2.75) is 45.3 Å². The Morgan fingerprint density at radius 2 is 2.00 bits per heavy atom. The summed E-state index contributed by atoms with van der Waals surface area (Å²) in [4.78, 5) is 34.0. The standard InChI is InChI=1S/C27H30ClFN6O4S/c1-15(2)34-10-7-16(8-11-34)31-27(38)25-32-24-19(4-3-18(29)23(24)26(37)30-9-12-36)35(25)14-17-13-20(39-33-17)21-5-6-22(28)40-21/h3-6,13,15-16,36H,7-12,14H2,1-2H3,(H,30,37)(H,31,38). The molecule has 10 nitrogen and oxygen atoms in total. The fraction of sp³-hybridized carbons (Fsp3) is 0.407. The molecule has 0 aliphatic carbocycles. The highest BCUT2D eigenvalue weighted by atomic mass is 35.5. The first-order chi connectivity index (χ1) is 19.2. The first-order valence-electron chi connectivity index (χ1n) is 13.1. The number of nitrogens with one attached hydrogen (secondary N) is 2. The van der Waals surface area contributed by atoms with Gasteiger partial charge in [0.2, 0.25) is 0 Å². The summed E-state index contributed by atoms with van der Waals surface area (Å²) in [7, 11) is 0. The van der Waals surface area contributed by atoms with Crippen LogP contribution < -0.4 is 10.6 Å². The fourth-order valence-electron chi connectivity index (χ4n) is 4.90. The molecule has 4 heterocycles. The zero-order chi connectivity index (χ0) is 28.4. The molecule has 1 aromatic carbocycles. The number of piperidine rings is 1. The topological polar surface area (TPSA) is 126 Å². The zero-order valence-corrected chi connectivity index (χ0v) is 23.7. The number of carbonyl (C=O) groups excluding carboxylic acids is 2. The van der Waals surface area contributed by atoms with Gasteiger partial charge in [0.15, 0.2) is 11.6 Å². The fourth-order valence-corrected chi connectivity index (χ4v) is 5.89. The van der Waals surface area contributed by atoms with Crippen LogP contribution in [-0.4, -0.2) is 74.9 Å². The number of hydrogen-bond acceptors (Lipinski definition) is 8. The number of aliphatic hydroxyl groups excluding tert-OH is 1. The van der Waals surface area contributed by atoms with E-state index >= 15 is 0 Å². The number of aliphatic hydroxyl groups is 1. The van der Waals surface area contributed by atoms with Crippen LogP contribution in [0.4, 0.5) is 4.39 Å². The molecule has 2 amide bonds. The molecule has 212 valence electrons. The van der Waals surface area contributed by atoms with Crippen molar-refractivity contribution in [3.63, 3.8) is 0 Å². The van der Waals surface area contributed by atoms with E-state index in [2.05, 4.69) is 39.5 Å². The van der Waals surface area contributed by atoms with Crippen LogP contribution in [0.3, 0.4) is 0 Å². The summed E-state index contributed by atoms with van der Waals surface area (Å²) >= 11 is 7.41. The predicted molar refractivity (Wildman–Crippen MR) is 150 cm³/mol. The van der Waals surface area contributed by atoms with Crippen LogP contribution in [-0.2, 0) is 6.54 Å². The van der Waals surface area contributed by atoms with E-state index in [1.807, 2.05) is 6.07 Å². The smallest absolute Gasteiger partial charge is 0.287 e. The summed E-state index contributed by atoms with van der Waals surface area (Å²) < 4.78 is 22.7. The molecule has 1 fully saturated rings. The van der Waals surface area contributed by atoms with Gasteiger partial charge in [0, 0.05) is 37.8 Å². The van der Waals surface area contributed by atoms with E-state index in [1.165, 1.54) is 23.5 Å². The molecule has 0 unspecified atom stereocenters. The second-order valence-corrected chi connectivity index (χ2v) is 11.7. The molecule has 1 saturated heterocycles. The van der Waals surface area contributed by atoms with Gasteiger partial charge in [-0.05, 0) is 51.0 Å². The van der Waals surface area contributed by atoms with E-state index < -0.39 is 17.6 Å². The largest absolute Gasteiger partial charge is 0.395 e. The molecule has 1 aliphatic rings. The molecule has 13 heteroatoms. The number of rotatable bonds is 9.